The minimum Gasteiger partial charge on any atom is -0.456 e. The lowest BCUT2D eigenvalue weighted by molar-refractivity contribution is 0.669. The van der Waals surface area contributed by atoms with Crippen LogP contribution in [-0.4, -0.2) is 4.40 Å². The second kappa shape index (κ2) is 14.3. The van der Waals surface area contributed by atoms with Gasteiger partial charge in [0, 0.05) is 44.2 Å². The fourth-order valence-corrected chi connectivity index (χ4v) is 9.28. The van der Waals surface area contributed by atoms with Gasteiger partial charge in [0.25, 0.3) is 0 Å². The van der Waals surface area contributed by atoms with E-state index in [1.807, 2.05) is 12.1 Å². The number of nitrogens with zero attached hydrogens (tertiary/aromatic N) is 2. The van der Waals surface area contributed by atoms with Crippen LogP contribution >= 0.6 is 0 Å². The van der Waals surface area contributed by atoms with Gasteiger partial charge in [-0.1, -0.05) is 164 Å². The highest BCUT2D eigenvalue weighted by Crippen LogP contribution is 2.44. The molecule has 3 heteroatoms. The van der Waals surface area contributed by atoms with Crippen molar-refractivity contribution in [2.75, 3.05) is 4.90 Å². The number of pyridine rings is 1. The maximum atomic E-state index is 6.43. The van der Waals surface area contributed by atoms with Crippen LogP contribution in [0.25, 0.3) is 93.8 Å². The molecule has 0 spiro atoms. The van der Waals surface area contributed by atoms with Crippen LogP contribution in [0.3, 0.4) is 0 Å². The molecule has 61 heavy (non-hydrogen) atoms. The maximum absolute atomic E-state index is 6.43. The summed E-state index contributed by atoms with van der Waals surface area (Å²) < 4.78 is 8.90. The number of hydrogen-bond donors (Lipinski definition) is 0. The molecule has 0 unspecified atom stereocenters. The zero-order valence-corrected chi connectivity index (χ0v) is 33.2. The van der Waals surface area contributed by atoms with Gasteiger partial charge in [-0.2, -0.15) is 0 Å². The number of fused-ring (bicyclic) bond motifs is 8. The molecule has 0 bridgehead atoms. The summed E-state index contributed by atoms with van der Waals surface area (Å²) in [5, 5.41) is 5.88. The van der Waals surface area contributed by atoms with Gasteiger partial charge in [0.1, 0.15) is 11.2 Å². The molecular formula is C58H38N2O. The normalized spacial score (nSPS) is 11.6. The van der Waals surface area contributed by atoms with E-state index < -0.39 is 0 Å². The summed E-state index contributed by atoms with van der Waals surface area (Å²) in [7, 11) is 0. The van der Waals surface area contributed by atoms with Gasteiger partial charge >= 0.3 is 0 Å². The molecule has 12 rings (SSSR count). The van der Waals surface area contributed by atoms with E-state index in [1.165, 1.54) is 55.0 Å². The quantitative estimate of drug-likeness (QED) is 0.161. The molecule has 0 radical (unpaired) electrons. The summed E-state index contributed by atoms with van der Waals surface area (Å²) in [6, 6.07) is 82.9. The van der Waals surface area contributed by atoms with Crippen molar-refractivity contribution in [1.29, 1.82) is 0 Å². The highest BCUT2D eigenvalue weighted by Gasteiger charge is 2.21. The first-order valence-electron chi connectivity index (χ1n) is 20.8. The van der Waals surface area contributed by atoms with Gasteiger partial charge in [-0.15, -0.1) is 0 Å². The number of para-hydroxylation sites is 2. The summed E-state index contributed by atoms with van der Waals surface area (Å²) in [5.74, 6) is 0. The molecule has 0 saturated carbocycles. The average Bonchev–Trinajstić information content (AvgIpc) is 3.89. The lowest BCUT2D eigenvalue weighted by Crippen LogP contribution is -2.09. The van der Waals surface area contributed by atoms with Crippen LogP contribution in [0.5, 0.6) is 0 Å². The molecule has 3 nitrogen and oxygen atoms in total. The molecule has 0 atom stereocenters. The van der Waals surface area contributed by atoms with Crippen LogP contribution < -0.4 is 4.90 Å². The minimum atomic E-state index is 0.896. The van der Waals surface area contributed by atoms with Crippen molar-refractivity contribution in [2.45, 2.75) is 0 Å². The van der Waals surface area contributed by atoms with Gasteiger partial charge in [-0.3, -0.25) is 0 Å². The monoisotopic (exact) mass is 778 g/mol. The van der Waals surface area contributed by atoms with E-state index in [4.69, 9.17) is 4.42 Å². The molecule has 0 aliphatic heterocycles. The highest BCUT2D eigenvalue weighted by molar-refractivity contribution is 6.17. The van der Waals surface area contributed by atoms with Crippen LogP contribution in [0.2, 0.25) is 0 Å². The van der Waals surface area contributed by atoms with Gasteiger partial charge in [0.05, 0.1) is 16.7 Å². The lowest BCUT2D eigenvalue weighted by atomic mass is 9.98. The largest absolute Gasteiger partial charge is 0.456 e. The Kier molecular flexibility index (Phi) is 8.17. The van der Waals surface area contributed by atoms with Crippen molar-refractivity contribution in [2.24, 2.45) is 0 Å². The Morgan fingerprint density at radius 1 is 0.328 bits per heavy atom. The van der Waals surface area contributed by atoms with Gasteiger partial charge in [0.2, 0.25) is 0 Å². The van der Waals surface area contributed by atoms with E-state index in [0.717, 1.165) is 55.8 Å². The van der Waals surface area contributed by atoms with Gasteiger partial charge in [-0.25, -0.2) is 0 Å². The third-order valence-electron chi connectivity index (χ3n) is 12.2. The van der Waals surface area contributed by atoms with Crippen molar-refractivity contribution >= 4 is 66.2 Å². The fourth-order valence-electron chi connectivity index (χ4n) is 9.28. The van der Waals surface area contributed by atoms with Crippen molar-refractivity contribution in [3.63, 3.8) is 0 Å². The van der Waals surface area contributed by atoms with Crippen molar-refractivity contribution in [1.82, 2.24) is 4.40 Å². The first-order valence-corrected chi connectivity index (χ1v) is 20.8. The predicted molar refractivity (Wildman–Crippen MR) is 256 cm³/mol. The Hall–Kier alpha value is -8.14. The maximum Gasteiger partial charge on any atom is 0.136 e. The molecule has 0 fully saturated rings. The number of benzene rings is 9. The van der Waals surface area contributed by atoms with E-state index in [2.05, 4.69) is 228 Å². The Balaban J connectivity index is 1.01. The Bertz CT molecular complexity index is 3460. The van der Waals surface area contributed by atoms with Crippen LogP contribution in [0.4, 0.5) is 17.1 Å². The molecule has 12 aromatic rings. The number of anilines is 3. The third-order valence-corrected chi connectivity index (χ3v) is 12.2. The molecule has 0 N–H and O–H groups in total. The van der Waals surface area contributed by atoms with Crippen LogP contribution in [0.1, 0.15) is 0 Å². The number of aromatic nitrogens is 1. The molecule has 286 valence electrons. The number of hydrogen-bond acceptors (Lipinski definition) is 2. The number of furan rings is 1. The predicted octanol–water partition coefficient (Wildman–Crippen LogP) is 16.3. The lowest BCUT2D eigenvalue weighted by Gasteiger charge is -2.26. The van der Waals surface area contributed by atoms with Crippen molar-refractivity contribution < 1.29 is 4.42 Å². The smallest absolute Gasteiger partial charge is 0.136 e. The molecule has 0 amide bonds. The summed E-state index contributed by atoms with van der Waals surface area (Å²) in [4.78, 5) is 2.35. The highest BCUT2D eigenvalue weighted by atomic mass is 16.3. The molecule has 9 aromatic carbocycles. The Morgan fingerprint density at radius 3 is 1.44 bits per heavy atom. The topological polar surface area (TPSA) is 20.8 Å². The molecule has 0 aliphatic carbocycles. The second-order valence-electron chi connectivity index (χ2n) is 15.7. The summed E-state index contributed by atoms with van der Waals surface area (Å²) >= 11 is 0. The summed E-state index contributed by atoms with van der Waals surface area (Å²) in [6.45, 7) is 0. The van der Waals surface area contributed by atoms with Crippen LogP contribution in [0, 0.1) is 0 Å². The summed E-state index contributed by atoms with van der Waals surface area (Å²) in [5.41, 5.74) is 16.8. The van der Waals surface area contributed by atoms with E-state index in [0.29, 0.717) is 0 Å². The first kappa shape index (κ1) is 34.9. The first-order chi connectivity index (χ1) is 30.2. The molecule has 3 aromatic heterocycles. The van der Waals surface area contributed by atoms with Gasteiger partial charge in [0.15, 0.2) is 0 Å². The van der Waals surface area contributed by atoms with Crippen molar-refractivity contribution in [3.8, 4) is 44.6 Å². The fraction of sp³-hybridized carbons (Fsp3) is 0. The van der Waals surface area contributed by atoms with Gasteiger partial charge < -0.3 is 13.7 Å². The average molecular weight is 779 g/mol. The third kappa shape index (κ3) is 5.90. The zero-order chi connectivity index (χ0) is 40.3. The van der Waals surface area contributed by atoms with Gasteiger partial charge in [-0.05, 0) is 105 Å². The second-order valence-corrected chi connectivity index (χ2v) is 15.7. The minimum absolute atomic E-state index is 0.896. The van der Waals surface area contributed by atoms with Crippen LogP contribution in [-0.2, 0) is 0 Å². The molecule has 0 aliphatic rings. The Morgan fingerprint density at radius 2 is 0.803 bits per heavy atom. The van der Waals surface area contributed by atoms with Crippen LogP contribution in [0.15, 0.2) is 235 Å². The zero-order valence-electron chi connectivity index (χ0n) is 33.2. The van der Waals surface area contributed by atoms with E-state index in [-0.39, 0.29) is 0 Å². The van der Waals surface area contributed by atoms with E-state index in [9.17, 15) is 0 Å². The SMILES string of the molecule is c1ccc(-c2ccc(N(c3ccc(-c4ccccc4)cc3)c3ccc(-c4cc5ccccc5c5c(-c6ccc7c(c6)oc6ccccc67)c6ccccc6n45)cc3)cc2)cc1. The molecule has 3 heterocycles. The van der Waals surface area contributed by atoms with E-state index in [1.54, 1.807) is 0 Å². The number of rotatable bonds is 7. The molecule has 0 saturated heterocycles. The van der Waals surface area contributed by atoms with Crippen molar-refractivity contribution in [3.05, 3.63) is 231 Å². The standard InChI is InChI=1S/C58H38N2O/c1-3-13-39(14-4-1)41-23-30-46(31-24-41)59(47-32-25-42(26-33-47)40-15-5-2-6-16-40)48-34-27-43(28-35-48)54-37-44-17-7-8-18-49(44)58-57(52-20-9-11-21-53(52)60(54)58)45-29-36-51-50-19-10-12-22-55(50)61-56(51)38-45/h1-38H. The summed E-state index contributed by atoms with van der Waals surface area (Å²) in [6.07, 6.45) is 0. The van der Waals surface area contributed by atoms with E-state index >= 15 is 0 Å². The Labute approximate surface area is 353 Å². The molecular weight excluding hydrogens is 741 g/mol.